The average Bonchev–Trinajstić information content (AvgIpc) is 3.33. The molecule has 162 valence electrons. The van der Waals surface area contributed by atoms with E-state index in [0.717, 1.165) is 28.1 Å². The van der Waals surface area contributed by atoms with Gasteiger partial charge in [-0.25, -0.2) is 0 Å². The van der Waals surface area contributed by atoms with Gasteiger partial charge in [0.15, 0.2) is 0 Å². The Morgan fingerprint density at radius 2 is 1.53 bits per heavy atom. The Bertz CT molecular complexity index is 1200. The van der Waals surface area contributed by atoms with Gasteiger partial charge < -0.3 is 14.8 Å². The molecule has 0 aliphatic carbocycles. The minimum atomic E-state index is -0.165. The monoisotopic (exact) mass is 447 g/mol. The van der Waals surface area contributed by atoms with E-state index in [4.69, 9.17) is 21.1 Å². The van der Waals surface area contributed by atoms with Crippen molar-refractivity contribution in [3.05, 3.63) is 88.9 Å². The van der Waals surface area contributed by atoms with Gasteiger partial charge in [0.05, 0.1) is 25.6 Å². The van der Waals surface area contributed by atoms with Crippen molar-refractivity contribution in [2.75, 3.05) is 14.2 Å². The number of nitrogens with one attached hydrogen (secondary N) is 2. The summed E-state index contributed by atoms with van der Waals surface area (Å²) in [5, 5.41) is 11.0. The zero-order chi connectivity index (χ0) is 22.5. The first-order valence-electron chi connectivity index (χ1n) is 9.97. The fourth-order valence-electron chi connectivity index (χ4n) is 3.29. The zero-order valence-corrected chi connectivity index (χ0v) is 18.4. The number of rotatable bonds is 7. The first kappa shape index (κ1) is 21.5. The van der Waals surface area contributed by atoms with E-state index in [1.165, 1.54) is 0 Å². The van der Waals surface area contributed by atoms with Gasteiger partial charge in [-0.05, 0) is 53.6 Å². The third-order valence-corrected chi connectivity index (χ3v) is 5.29. The topological polar surface area (TPSA) is 76.2 Å². The average molecular weight is 448 g/mol. The summed E-state index contributed by atoms with van der Waals surface area (Å²) in [5.41, 5.74) is 5.06. The highest BCUT2D eigenvalue weighted by molar-refractivity contribution is 6.30. The number of carbonyl (C=O) groups excluding carboxylic acids is 1. The largest absolute Gasteiger partial charge is 0.497 e. The molecule has 0 unspecified atom stereocenters. The van der Waals surface area contributed by atoms with E-state index in [9.17, 15) is 4.79 Å². The number of benzene rings is 3. The number of methoxy groups -OCH3 is 2. The Balaban J connectivity index is 1.42. The standard InChI is InChI=1S/C25H22ClN3O3/c1-31-21-11-16(12-22(13-21)32-2)15-27-25(30)19-5-3-17(4-6-19)23-14-24(29-28-23)18-7-9-20(26)10-8-18/h3-14H,15H2,1-2H3,(H,27,30)(H,28,29). The smallest absolute Gasteiger partial charge is 0.251 e. The van der Waals surface area contributed by atoms with Gasteiger partial charge >= 0.3 is 0 Å². The zero-order valence-electron chi connectivity index (χ0n) is 17.7. The van der Waals surface area contributed by atoms with Crippen LogP contribution >= 0.6 is 11.6 Å². The molecule has 1 amide bonds. The van der Waals surface area contributed by atoms with Crippen LogP contribution < -0.4 is 14.8 Å². The molecule has 0 fully saturated rings. The van der Waals surface area contributed by atoms with Crippen molar-refractivity contribution in [1.29, 1.82) is 0 Å². The Labute approximate surface area is 191 Å². The van der Waals surface area contributed by atoms with E-state index in [-0.39, 0.29) is 5.91 Å². The predicted molar refractivity (Wildman–Crippen MR) is 125 cm³/mol. The number of hydrogen-bond acceptors (Lipinski definition) is 4. The highest BCUT2D eigenvalue weighted by Crippen LogP contribution is 2.25. The first-order valence-corrected chi connectivity index (χ1v) is 10.4. The molecule has 7 heteroatoms. The molecule has 0 saturated heterocycles. The molecule has 0 atom stereocenters. The van der Waals surface area contributed by atoms with Gasteiger partial charge in [-0.2, -0.15) is 5.10 Å². The van der Waals surface area contributed by atoms with Crippen LogP contribution in [0.3, 0.4) is 0 Å². The van der Waals surface area contributed by atoms with Gasteiger partial charge in [0.2, 0.25) is 0 Å². The molecule has 6 nitrogen and oxygen atoms in total. The van der Waals surface area contributed by atoms with Crippen LogP contribution in [0.15, 0.2) is 72.8 Å². The lowest BCUT2D eigenvalue weighted by Gasteiger charge is -2.10. The van der Waals surface area contributed by atoms with E-state index in [1.54, 1.807) is 32.4 Å². The molecule has 0 radical (unpaired) electrons. The van der Waals surface area contributed by atoms with Crippen LogP contribution in [-0.2, 0) is 6.54 Å². The van der Waals surface area contributed by atoms with E-state index >= 15 is 0 Å². The predicted octanol–water partition coefficient (Wildman–Crippen LogP) is 5.34. The quantitative estimate of drug-likeness (QED) is 0.400. The highest BCUT2D eigenvalue weighted by atomic mass is 35.5. The van der Waals surface area contributed by atoms with Crippen LogP contribution in [-0.4, -0.2) is 30.3 Å². The summed E-state index contributed by atoms with van der Waals surface area (Å²) in [4.78, 5) is 12.6. The summed E-state index contributed by atoms with van der Waals surface area (Å²) in [5.74, 6) is 1.19. The maximum absolute atomic E-state index is 12.6. The number of amides is 1. The van der Waals surface area contributed by atoms with Crippen LogP contribution in [0.5, 0.6) is 11.5 Å². The summed E-state index contributed by atoms with van der Waals surface area (Å²) in [6.07, 6.45) is 0. The molecule has 4 rings (SSSR count). The Morgan fingerprint density at radius 3 is 2.16 bits per heavy atom. The number of nitrogens with zero attached hydrogens (tertiary/aromatic N) is 1. The summed E-state index contributed by atoms with van der Waals surface area (Å²) >= 11 is 5.96. The van der Waals surface area contributed by atoms with Crippen molar-refractivity contribution in [2.24, 2.45) is 0 Å². The summed E-state index contributed by atoms with van der Waals surface area (Å²) in [6.45, 7) is 0.359. The van der Waals surface area contributed by atoms with E-state index in [0.29, 0.717) is 28.6 Å². The summed E-state index contributed by atoms with van der Waals surface area (Å²) in [7, 11) is 3.19. The molecule has 0 bridgehead atoms. The Morgan fingerprint density at radius 1 is 0.906 bits per heavy atom. The molecule has 4 aromatic rings. The lowest BCUT2D eigenvalue weighted by Crippen LogP contribution is -2.22. The summed E-state index contributed by atoms with van der Waals surface area (Å²) < 4.78 is 10.5. The van der Waals surface area contributed by atoms with Crippen LogP contribution in [0.4, 0.5) is 0 Å². The van der Waals surface area contributed by atoms with Gasteiger partial charge in [-0.3, -0.25) is 9.89 Å². The van der Waals surface area contributed by atoms with Gasteiger partial charge in [0, 0.05) is 28.8 Å². The molecular formula is C25H22ClN3O3. The number of aromatic amines is 1. The number of H-pyrrole nitrogens is 1. The third kappa shape index (κ3) is 4.92. The number of ether oxygens (including phenoxy) is 2. The SMILES string of the molecule is COc1cc(CNC(=O)c2ccc(-c3cc(-c4ccc(Cl)cc4)[nH]n3)cc2)cc(OC)c1. The number of carbonyl (C=O) groups is 1. The second-order valence-electron chi connectivity index (χ2n) is 7.15. The van der Waals surface area contributed by atoms with Gasteiger partial charge in [-0.15, -0.1) is 0 Å². The molecule has 3 aromatic carbocycles. The molecule has 0 aliphatic rings. The van der Waals surface area contributed by atoms with E-state index < -0.39 is 0 Å². The van der Waals surface area contributed by atoms with E-state index in [1.807, 2.05) is 54.6 Å². The minimum Gasteiger partial charge on any atom is -0.497 e. The van der Waals surface area contributed by atoms with Crippen LogP contribution in [0.1, 0.15) is 15.9 Å². The van der Waals surface area contributed by atoms with Crippen LogP contribution in [0.2, 0.25) is 5.02 Å². The molecular weight excluding hydrogens is 426 g/mol. The van der Waals surface area contributed by atoms with Gasteiger partial charge in [0.1, 0.15) is 11.5 Å². The lowest BCUT2D eigenvalue weighted by molar-refractivity contribution is 0.0951. The molecule has 0 saturated carbocycles. The maximum atomic E-state index is 12.6. The number of aromatic nitrogens is 2. The first-order chi connectivity index (χ1) is 15.6. The maximum Gasteiger partial charge on any atom is 0.251 e. The third-order valence-electron chi connectivity index (χ3n) is 5.04. The molecule has 2 N–H and O–H groups in total. The van der Waals surface area contributed by atoms with Crippen molar-refractivity contribution in [3.8, 4) is 34.0 Å². The molecule has 0 spiro atoms. The molecule has 32 heavy (non-hydrogen) atoms. The van der Waals surface area contributed by atoms with Crippen LogP contribution in [0, 0.1) is 0 Å². The Kier molecular flexibility index (Phi) is 6.42. The van der Waals surface area contributed by atoms with Crippen molar-refractivity contribution >= 4 is 17.5 Å². The van der Waals surface area contributed by atoms with Crippen molar-refractivity contribution in [1.82, 2.24) is 15.5 Å². The van der Waals surface area contributed by atoms with Gasteiger partial charge in [-0.1, -0.05) is 35.9 Å². The van der Waals surface area contributed by atoms with E-state index in [2.05, 4.69) is 15.5 Å². The minimum absolute atomic E-state index is 0.165. The van der Waals surface area contributed by atoms with Crippen LogP contribution in [0.25, 0.3) is 22.5 Å². The van der Waals surface area contributed by atoms with Crippen molar-refractivity contribution in [3.63, 3.8) is 0 Å². The second kappa shape index (κ2) is 9.58. The fraction of sp³-hybridized carbons (Fsp3) is 0.120. The summed E-state index contributed by atoms with van der Waals surface area (Å²) in [6, 6.07) is 22.4. The molecule has 1 heterocycles. The van der Waals surface area contributed by atoms with Crippen molar-refractivity contribution < 1.29 is 14.3 Å². The lowest BCUT2D eigenvalue weighted by atomic mass is 10.1. The number of halogens is 1. The van der Waals surface area contributed by atoms with Crippen molar-refractivity contribution in [2.45, 2.75) is 6.54 Å². The number of hydrogen-bond donors (Lipinski definition) is 2. The Hall–Kier alpha value is -3.77. The van der Waals surface area contributed by atoms with Gasteiger partial charge in [0.25, 0.3) is 5.91 Å². The molecule has 1 aromatic heterocycles. The molecule has 0 aliphatic heterocycles. The normalized spacial score (nSPS) is 10.6. The highest BCUT2D eigenvalue weighted by Gasteiger charge is 2.10. The fourth-order valence-corrected chi connectivity index (χ4v) is 3.42. The second-order valence-corrected chi connectivity index (χ2v) is 7.59.